The molecular formula is C83H91BrN10O18. The molecule has 3 aromatic heterocycles. The second-order valence-corrected chi connectivity index (χ2v) is 27.4. The molecule has 5 heterocycles. The molecule has 2 aliphatic heterocycles. The molecule has 0 spiro atoms. The number of hydrogen-bond donors (Lipinski definition) is 6. The number of aromatic nitrogens is 6. The van der Waals surface area contributed by atoms with Crippen LogP contribution in [-0.2, 0) is 28.5 Å². The van der Waals surface area contributed by atoms with Crippen LogP contribution in [0.3, 0.4) is 0 Å². The van der Waals surface area contributed by atoms with Gasteiger partial charge in [-0.15, -0.1) is 0 Å². The lowest BCUT2D eigenvalue weighted by Gasteiger charge is -2.27. The maximum Gasteiger partial charge on any atom is 0.411 e. The highest BCUT2D eigenvalue weighted by molar-refractivity contribution is 9.10. The van der Waals surface area contributed by atoms with E-state index in [1.165, 1.54) is 37.2 Å². The number of amides is 2. The van der Waals surface area contributed by atoms with Gasteiger partial charge in [0, 0.05) is 39.6 Å². The highest BCUT2D eigenvalue weighted by atomic mass is 79.9. The molecule has 4 atom stereocenters. The summed E-state index contributed by atoms with van der Waals surface area (Å²) in [6.07, 6.45) is -2.01. The Morgan fingerprint density at radius 1 is 0.509 bits per heavy atom. The van der Waals surface area contributed by atoms with Gasteiger partial charge < -0.3 is 68.5 Å². The highest BCUT2D eigenvalue weighted by Gasteiger charge is 2.44. The first-order valence-corrected chi connectivity index (χ1v) is 35.4. The average molecular weight is 1600 g/mol. The van der Waals surface area contributed by atoms with Crippen molar-refractivity contribution in [1.82, 2.24) is 39.7 Å². The number of benzene rings is 8. The number of nitrogens with two attached hydrogens (primary N) is 1. The molecule has 13 rings (SSSR count). The number of nitrogen functional groups attached to an aromatic ring is 1. The summed E-state index contributed by atoms with van der Waals surface area (Å²) < 4.78 is 47.5. The topological polar surface area (TPSA) is 383 Å². The fraction of sp³-hybridized carbons (Fsp3) is 0.277. The maximum absolute atomic E-state index is 12.8. The SMILES string of the molecule is C.COC(=O)C1C[C@@H](O)CN1C(=O)OC(C)(C)C.COC(=O)[C@@H]1C[C@@H](Oc2nc(-c3ccccc3)nc3ccc(OC)cc23)CN1C(=O)OC(C)(C)C.COc1ccc(Br)c(C(=O)O)c1.COc1ccc2nc(-c3ccccc3)[nH]c(=O)c2c1.COc1ccc2nc(-c3ccccc3)[nH]c(=O)c2c1.N=C(N)c1ccccc1. The Labute approximate surface area is 655 Å². The molecule has 8 aromatic carbocycles. The van der Waals surface area contributed by atoms with Crippen molar-refractivity contribution < 1.29 is 76.8 Å². The lowest BCUT2D eigenvalue weighted by Crippen LogP contribution is -2.44. The van der Waals surface area contributed by atoms with Crippen molar-refractivity contribution in [2.24, 2.45) is 5.73 Å². The van der Waals surface area contributed by atoms with Crippen LogP contribution < -0.4 is 40.5 Å². The van der Waals surface area contributed by atoms with Crippen LogP contribution in [0.5, 0.6) is 28.9 Å². The molecule has 29 heteroatoms. The predicted octanol–water partition coefficient (Wildman–Crippen LogP) is 13.7. The summed E-state index contributed by atoms with van der Waals surface area (Å²) in [7, 11) is 8.76. The Balaban J connectivity index is 0.000000196. The fourth-order valence-corrected chi connectivity index (χ4v) is 11.4. The van der Waals surface area contributed by atoms with E-state index in [2.05, 4.69) is 45.6 Å². The Bertz CT molecular complexity index is 5030. The number of β-amino-alcohol motifs (C(OH)–C–C–N with tert-alkyl or cyclic N) is 1. The molecule has 28 nitrogen and oxygen atoms in total. The van der Waals surface area contributed by atoms with E-state index < -0.39 is 65.6 Å². The zero-order valence-corrected chi connectivity index (χ0v) is 64.8. The van der Waals surface area contributed by atoms with Crippen LogP contribution >= 0.6 is 15.9 Å². The number of aliphatic hydroxyl groups excluding tert-OH is 1. The maximum atomic E-state index is 12.8. The number of aliphatic hydroxyl groups is 1. The number of likely N-dealkylation sites (tertiary alicyclic amines) is 2. The monoisotopic (exact) mass is 1590 g/mol. The average Bonchev–Trinajstić information content (AvgIpc) is 1.31. The van der Waals surface area contributed by atoms with E-state index in [0.29, 0.717) is 83.5 Å². The molecule has 588 valence electrons. The van der Waals surface area contributed by atoms with Crippen LogP contribution in [0.15, 0.2) is 208 Å². The first-order valence-electron chi connectivity index (χ1n) is 34.6. The number of aromatic amines is 2. The molecule has 2 amide bonds. The van der Waals surface area contributed by atoms with Crippen LogP contribution in [0.25, 0.3) is 66.9 Å². The number of carbonyl (C=O) groups excluding carboxylic acids is 4. The molecule has 2 saturated heterocycles. The van der Waals surface area contributed by atoms with Gasteiger partial charge in [-0.2, -0.15) is 4.98 Å². The minimum atomic E-state index is -0.972. The van der Waals surface area contributed by atoms with E-state index in [-0.39, 0.29) is 55.9 Å². The lowest BCUT2D eigenvalue weighted by atomic mass is 10.1. The second-order valence-electron chi connectivity index (χ2n) is 26.6. The number of nitrogens with zero attached hydrogens (tertiary/aromatic N) is 6. The van der Waals surface area contributed by atoms with Crippen molar-refractivity contribution in [1.29, 1.82) is 5.41 Å². The number of halogens is 1. The zero-order valence-electron chi connectivity index (χ0n) is 63.2. The number of fused-ring (bicyclic) bond motifs is 3. The van der Waals surface area contributed by atoms with Gasteiger partial charge in [0.1, 0.15) is 69.9 Å². The number of carboxylic acids is 1. The van der Waals surface area contributed by atoms with Crippen LogP contribution in [-0.4, -0.2) is 177 Å². The molecule has 0 bridgehead atoms. The van der Waals surface area contributed by atoms with Gasteiger partial charge in [-0.05, 0) is 130 Å². The largest absolute Gasteiger partial charge is 0.497 e. The van der Waals surface area contributed by atoms with Crippen LogP contribution in [0.2, 0.25) is 0 Å². The van der Waals surface area contributed by atoms with E-state index in [9.17, 15) is 38.7 Å². The Morgan fingerprint density at radius 3 is 1.29 bits per heavy atom. The summed E-state index contributed by atoms with van der Waals surface area (Å²) in [5, 5.41) is 26.9. The number of ether oxygens (including phenoxy) is 9. The van der Waals surface area contributed by atoms with Crippen LogP contribution in [0, 0.1) is 5.41 Å². The molecule has 0 radical (unpaired) electrons. The quantitative estimate of drug-likeness (QED) is 0.0270. The van der Waals surface area contributed by atoms with Crippen molar-refractivity contribution >= 4 is 84.6 Å². The van der Waals surface area contributed by atoms with E-state index in [1.807, 2.05) is 133 Å². The number of carbonyl (C=O) groups is 5. The molecule has 2 fully saturated rings. The van der Waals surface area contributed by atoms with Crippen molar-refractivity contribution in [3.8, 4) is 63.0 Å². The predicted molar refractivity (Wildman–Crippen MR) is 429 cm³/mol. The molecule has 11 aromatic rings. The van der Waals surface area contributed by atoms with E-state index in [1.54, 1.807) is 117 Å². The van der Waals surface area contributed by atoms with Crippen LogP contribution in [0.1, 0.15) is 77.7 Å². The second kappa shape index (κ2) is 40.1. The molecule has 0 aliphatic carbocycles. The van der Waals surface area contributed by atoms with Gasteiger partial charge in [-0.3, -0.25) is 24.8 Å². The van der Waals surface area contributed by atoms with Gasteiger partial charge in [0.25, 0.3) is 11.1 Å². The van der Waals surface area contributed by atoms with Gasteiger partial charge in [-0.1, -0.05) is 129 Å². The fourth-order valence-electron chi connectivity index (χ4n) is 11.0. The zero-order chi connectivity index (χ0) is 80.7. The number of carboxylic acid groups (broad SMARTS) is 1. The first-order chi connectivity index (χ1) is 52.9. The number of hydrogen-bond acceptors (Lipinski definition) is 22. The van der Waals surface area contributed by atoms with Crippen molar-refractivity contribution in [2.75, 3.05) is 55.7 Å². The van der Waals surface area contributed by atoms with Crippen LogP contribution in [0.4, 0.5) is 9.59 Å². The normalized spacial score (nSPS) is 14.6. The number of methoxy groups -OCH3 is 6. The first kappa shape index (κ1) is 86.5. The summed E-state index contributed by atoms with van der Waals surface area (Å²) in [5.41, 5.74) is 9.11. The van der Waals surface area contributed by atoms with Crippen molar-refractivity contribution in [3.05, 3.63) is 230 Å². The molecule has 1 unspecified atom stereocenters. The minimum Gasteiger partial charge on any atom is -0.497 e. The third kappa shape index (κ3) is 24.1. The summed E-state index contributed by atoms with van der Waals surface area (Å²) in [5.74, 6) is 2.54. The smallest absolute Gasteiger partial charge is 0.411 e. The van der Waals surface area contributed by atoms with E-state index >= 15 is 0 Å². The molecule has 0 saturated carbocycles. The summed E-state index contributed by atoms with van der Waals surface area (Å²) in [6, 6.07) is 57.2. The van der Waals surface area contributed by atoms with E-state index in [4.69, 9.17) is 59.1 Å². The van der Waals surface area contributed by atoms with Crippen molar-refractivity contribution in [2.45, 2.75) is 97.3 Å². The Kier molecular flexibility index (Phi) is 30.9. The number of aromatic carboxylic acids is 1. The standard InChI is InChI=1S/C26H29N3O6.2C15H12N2O2.C11H19NO5.C8H7BrO3.C7H8N2.CH4/c1-26(2,3)35-25(31)29-15-18(14-21(29)24(30)33-5)34-23-19-13-17(32-4)11-12-20(19)27-22(28-23)16-9-7-6-8-10-16;2*1-19-11-7-8-13-12(9-11)15(18)17-14(16-13)10-5-3-2-4-6-10;1-11(2,3)17-10(15)12-6-7(13)5-8(12)9(14)16-4;1-12-5-2-3-7(9)6(4-5)8(10)11;8-7(9)6-4-2-1-3-5-6;/h6-13,18,21H,14-15H2,1-5H3;2*2-9H,1H3,(H,16,17,18);7-8,13H,5-6H2,1-4H3;2-4H,1H3,(H,10,11);1-5H,(H3,8,9);1H4/t18-,21+;;;7-,8?;;;/m1..1.../s1. The number of amidine groups is 1. The summed E-state index contributed by atoms with van der Waals surface area (Å²) >= 11 is 3.12. The molecule has 7 N–H and O–H groups in total. The Morgan fingerprint density at radius 2 is 0.893 bits per heavy atom. The number of H-pyrrole nitrogens is 2. The van der Waals surface area contributed by atoms with Gasteiger partial charge in [0.05, 0.1) is 100 Å². The molecule has 112 heavy (non-hydrogen) atoms. The summed E-state index contributed by atoms with van der Waals surface area (Å²) in [6.45, 7) is 10.8. The number of esters is 2. The highest BCUT2D eigenvalue weighted by Crippen LogP contribution is 2.34. The minimum absolute atomic E-state index is 0. The third-order valence-corrected chi connectivity index (χ3v) is 17.0. The number of rotatable bonds is 13. The van der Waals surface area contributed by atoms with Gasteiger partial charge >= 0.3 is 30.1 Å². The Hall–Kier alpha value is -12.8. The third-order valence-electron chi connectivity index (χ3n) is 16.3. The number of nitrogens with one attached hydrogen (secondary N) is 3. The van der Waals surface area contributed by atoms with Crippen molar-refractivity contribution in [3.63, 3.8) is 0 Å². The molecular weight excluding hydrogens is 1500 g/mol. The van der Waals surface area contributed by atoms with Gasteiger partial charge in [-0.25, -0.2) is 38.9 Å². The van der Waals surface area contributed by atoms with E-state index in [0.717, 1.165) is 22.3 Å². The summed E-state index contributed by atoms with van der Waals surface area (Å²) in [4.78, 5) is 110. The molecule has 2 aliphatic rings. The van der Waals surface area contributed by atoms with Gasteiger partial charge in [0.15, 0.2) is 5.82 Å². The van der Waals surface area contributed by atoms with Gasteiger partial charge in [0.2, 0.25) is 5.88 Å². The lowest BCUT2D eigenvalue weighted by molar-refractivity contribution is -0.146.